The lowest BCUT2D eigenvalue weighted by atomic mass is 10.1. The van der Waals surface area contributed by atoms with E-state index in [-0.39, 0.29) is 0 Å². The zero-order valence-electron chi connectivity index (χ0n) is 7.23. The van der Waals surface area contributed by atoms with Crippen LogP contribution in [-0.4, -0.2) is 11.9 Å². The van der Waals surface area contributed by atoms with Crippen LogP contribution in [0, 0.1) is 0 Å². The molecule has 13 heavy (non-hydrogen) atoms. The third-order valence-electron chi connectivity index (χ3n) is 1.83. The third kappa shape index (κ3) is 2.85. The second-order valence-electron chi connectivity index (χ2n) is 2.81. The average Bonchev–Trinajstić information content (AvgIpc) is 2.15. The van der Waals surface area contributed by atoms with E-state index in [9.17, 15) is 4.79 Å². The first kappa shape index (κ1) is 9.70. The van der Waals surface area contributed by atoms with E-state index in [0.717, 1.165) is 5.56 Å². The summed E-state index contributed by atoms with van der Waals surface area (Å²) in [5, 5.41) is 0. The highest BCUT2D eigenvalue weighted by atomic mass is 16.1. The van der Waals surface area contributed by atoms with Gasteiger partial charge in [-0.3, -0.25) is 10.6 Å². The molecule has 0 fully saturated rings. The highest BCUT2D eigenvalue weighted by molar-refractivity contribution is 5.80. The van der Waals surface area contributed by atoms with E-state index in [2.05, 4.69) is 5.43 Å². The summed E-state index contributed by atoms with van der Waals surface area (Å²) < 4.78 is 0. The average molecular weight is 179 g/mol. The number of carbonyl (C=O) groups excluding carboxylic acids is 1. The number of hydrogen-bond donors (Lipinski definition) is 3. The van der Waals surface area contributed by atoms with E-state index in [1.54, 1.807) is 0 Å². The van der Waals surface area contributed by atoms with E-state index < -0.39 is 11.9 Å². The molecule has 1 aromatic carbocycles. The first-order chi connectivity index (χ1) is 6.24. The molecule has 1 rings (SSSR count). The Balaban J connectivity index is 2.62. The fraction of sp³-hybridized carbons (Fsp3) is 0.222. The number of benzene rings is 1. The normalized spacial score (nSPS) is 12.4. The Morgan fingerprint density at radius 2 is 2.00 bits per heavy atom. The van der Waals surface area contributed by atoms with Crippen LogP contribution in [0.5, 0.6) is 0 Å². The number of primary amides is 1. The van der Waals surface area contributed by atoms with Crippen LogP contribution in [0.4, 0.5) is 0 Å². The summed E-state index contributed by atoms with van der Waals surface area (Å²) in [5.41, 5.74) is 8.52. The Kier molecular flexibility index (Phi) is 3.42. The number of nitrogens with two attached hydrogens (primary N) is 2. The maximum Gasteiger partial charge on any atom is 0.236 e. The van der Waals surface area contributed by atoms with Crippen LogP contribution in [0.25, 0.3) is 0 Å². The largest absolute Gasteiger partial charge is 0.368 e. The molecular formula is C9H13N3O. The molecule has 1 unspecified atom stereocenters. The van der Waals surface area contributed by atoms with Gasteiger partial charge in [0.1, 0.15) is 6.04 Å². The molecule has 4 nitrogen and oxygen atoms in total. The van der Waals surface area contributed by atoms with E-state index in [4.69, 9.17) is 11.6 Å². The van der Waals surface area contributed by atoms with E-state index >= 15 is 0 Å². The van der Waals surface area contributed by atoms with Gasteiger partial charge in [-0.25, -0.2) is 5.43 Å². The maximum absolute atomic E-state index is 10.8. The summed E-state index contributed by atoms with van der Waals surface area (Å²) >= 11 is 0. The van der Waals surface area contributed by atoms with Crippen LogP contribution in [0.2, 0.25) is 0 Å². The van der Waals surface area contributed by atoms with Gasteiger partial charge in [-0.05, 0) is 12.0 Å². The predicted molar refractivity (Wildman–Crippen MR) is 50.5 cm³/mol. The molecule has 0 aromatic heterocycles. The first-order valence-corrected chi connectivity index (χ1v) is 4.03. The van der Waals surface area contributed by atoms with Crippen LogP contribution in [-0.2, 0) is 11.2 Å². The Hall–Kier alpha value is -1.39. The minimum absolute atomic E-state index is 0.439. The van der Waals surface area contributed by atoms with Crippen molar-refractivity contribution in [3.8, 4) is 0 Å². The smallest absolute Gasteiger partial charge is 0.236 e. The Bertz CT molecular complexity index is 273. The van der Waals surface area contributed by atoms with Gasteiger partial charge in [0.25, 0.3) is 0 Å². The number of carbonyl (C=O) groups is 1. The highest BCUT2D eigenvalue weighted by Crippen LogP contribution is 2.01. The molecule has 1 aromatic rings. The van der Waals surface area contributed by atoms with Crippen molar-refractivity contribution in [1.82, 2.24) is 5.43 Å². The van der Waals surface area contributed by atoms with Gasteiger partial charge in [-0.15, -0.1) is 0 Å². The lowest BCUT2D eigenvalue weighted by Gasteiger charge is -2.11. The monoisotopic (exact) mass is 179 g/mol. The van der Waals surface area contributed by atoms with E-state index in [1.807, 2.05) is 30.3 Å². The molecular weight excluding hydrogens is 166 g/mol. The molecule has 0 aliphatic carbocycles. The summed E-state index contributed by atoms with van der Waals surface area (Å²) in [7, 11) is 0. The molecule has 4 heteroatoms. The lowest BCUT2D eigenvalue weighted by molar-refractivity contribution is -0.120. The number of hydrazine groups is 1. The molecule has 0 aliphatic heterocycles. The summed E-state index contributed by atoms with van der Waals surface area (Å²) in [6, 6.07) is 9.08. The van der Waals surface area contributed by atoms with Gasteiger partial charge >= 0.3 is 0 Å². The second kappa shape index (κ2) is 4.59. The van der Waals surface area contributed by atoms with E-state index in [1.165, 1.54) is 0 Å². The zero-order valence-corrected chi connectivity index (χ0v) is 7.23. The van der Waals surface area contributed by atoms with Crippen molar-refractivity contribution >= 4 is 5.91 Å². The SMILES string of the molecule is NNC(Cc1ccccc1)C(N)=O. The summed E-state index contributed by atoms with van der Waals surface area (Å²) in [6.07, 6.45) is 0.521. The zero-order chi connectivity index (χ0) is 9.68. The fourth-order valence-electron chi connectivity index (χ4n) is 1.09. The summed E-state index contributed by atoms with van der Waals surface area (Å²) in [5.74, 6) is 4.73. The van der Waals surface area contributed by atoms with Gasteiger partial charge in [0.05, 0.1) is 0 Å². The van der Waals surface area contributed by atoms with Gasteiger partial charge in [-0.1, -0.05) is 30.3 Å². The Morgan fingerprint density at radius 1 is 1.38 bits per heavy atom. The second-order valence-corrected chi connectivity index (χ2v) is 2.81. The van der Waals surface area contributed by atoms with Crippen molar-refractivity contribution in [3.63, 3.8) is 0 Å². The topological polar surface area (TPSA) is 81.1 Å². The summed E-state index contributed by atoms with van der Waals surface area (Å²) in [4.78, 5) is 10.8. The standard InChI is InChI=1S/C9H13N3O/c10-9(13)8(12-11)6-7-4-2-1-3-5-7/h1-5,8,12H,6,11H2,(H2,10,13). The molecule has 0 bridgehead atoms. The van der Waals surface area contributed by atoms with Crippen LogP contribution in [0.15, 0.2) is 30.3 Å². The molecule has 0 aliphatic rings. The van der Waals surface area contributed by atoms with Crippen molar-refractivity contribution < 1.29 is 4.79 Å². The van der Waals surface area contributed by atoms with Crippen molar-refractivity contribution in [2.24, 2.45) is 11.6 Å². The Morgan fingerprint density at radius 3 is 2.46 bits per heavy atom. The number of amides is 1. The number of nitrogens with one attached hydrogen (secondary N) is 1. The molecule has 1 atom stereocenters. The Labute approximate surface area is 76.9 Å². The van der Waals surface area contributed by atoms with Gasteiger partial charge in [-0.2, -0.15) is 0 Å². The van der Waals surface area contributed by atoms with Crippen molar-refractivity contribution in [2.45, 2.75) is 12.5 Å². The minimum Gasteiger partial charge on any atom is -0.368 e. The lowest BCUT2D eigenvalue weighted by Crippen LogP contribution is -2.46. The van der Waals surface area contributed by atoms with Crippen LogP contribution < -0.4 is 17.0 Å². The molecule has 1 amide bonds. The third-order valence-corrected chi connectivity index (χ3v) is 1.83. The maximum atomic E-state index is 10.8. The quantitative estimate of drug-likeness (QED) is 0.432. The van der Waals surface area contributed by atoms with E-state index in [0.29, 0.717) is 6.42 Å². The van der Waals surface area contributed by atoms with Gasteiger partial charge in [0.15, 0.2) is 0 Å². The van der Waals surface area contributed by atoms with Gasteiger partial charge < -0.3 is 5.73 Å². The highest BCUT2D eigenvalue weighted by Gasteiger charge is 2.12. The molecule has 70 valence electrons. The molecule has 0 heterocycles. The molecule has 0 saturated carbocycles. The number of hydrogen-bond acceptors (Lipinski definition) is 3. The molecule has 0 spiro atoms. The summed E-state index contributed by atoms with van der Waals surface area (Å²) in [6.45, 7) is 0. The molecule has 5 N–H and O–H groups in total. The van der Waals surface area contributed by atoms with Crippen LogP contribution in [0.1, 0.15) is 5.56 Å². The number of rotatable bonds is 4. The fourth-order valence-corrected chi connectivity index (χ4v) is 1.09. The molecule has 0 radical (unpaired) electrons. The molecule has 0 saturated heterocycles. The van der Waals surface area contributed by atoms with Crippen molar-refractivity contribution in [1.29, 1.82) is 0 Å². The van der Waals surface area contributed by atoms with Gasteiger partial charge in [0.2, 0.25) is 5.91 Å². The van der Waals surface area contributed by atoms with Gasteiger partial charge in [0, 0.05) is 0 Å². The first-order valence-electron chi connectivity index (χ1n) is 4.03. The van der Waals surface area contributed by atoms with Crippen LogP contribution >= 0.6 is 0 Å². The predicted octanol–water partition coefficient (Wildman–Crippen LogP) is -0.454. The van der Waals surface area contributed by atoms with Crippen LogP contribution in [0.3, 0.4) is 0 Å². The van der Waals surface area contributed by atoms with Crippen molar-refractivity contribution in [3.05, 3.63) is 35.9 Å². The minimum atomic E-state index is -0.498. The van der Waals surface area contributed by atoms with Crippen molar-refractivity contribution in [2.75, 3.05) is 0 Å².